The molecule has 2 rings (SSSR count). The lowest BCUT2D eigenvalue weighted by molar-refractivity contribution is 0.318. The zero-order chi connectivity index (χ0) is 15.5. The van der Waals surface area contributed by atoms with Crippen molar-refractivity contribution in [3.8, 4) is 0 Å². The Morgan fingerprint density at radius 2 is 1.95 bits per heavy atom. The molecule has 1 aromatic heterocycles. The molecule has 1 aromatic carbocycles. The molecule has 0 atom stereocenters. The molecule has 21 heavy (non-hydrogen) atoms. The number of amidine groups is 1. The molecule has 7 nitrogen and oxygen atoms in total. The van der Waals surface area contributed by atoms with Crippen LogP contribution in [0.4, 0.5) is 5.82 Å². The third kappa shape index (κ3) is 3.48. The molecule has 8 heteroatoms. The molecule has 0 spiro atoms. The summed E-state index contributed by atoms with van der Waals surface area (Å²) in [6.07, 6.45) is 1.36. The number of nitrogens with zero attached hydrogens (tertiary/aromatic N) is 2. The fourth-order valence-electron chi connectivity index (χ4n) is 1.62. The van der Waals surface area contributed by atoms with Crippen molar-refractivity contribution < 1.29 is 13.6 Å². The number of aryl methyl sites for hydroxylation is 1. The molecule has 2 aromatic rings. The Balaban J connectivity index is 2.31. The van der Waals surface area contributed by atoms with Crippen LogP contribution in [-0.2, 0) is 10.0 Å². The normalized spacial score (nSPS) is 12.1. The van der Waals surface area contributed by atoms with Gasteiger partial charge in [0, 0.05) is 11.8 Å². The Morgan fingerprint density at radius 3 is 2.57 bits per heavy atom. The quantitative estimate of drug-likeness (QED) is 0.340. The number of oxime groups is 1. The summed E-state index contributed by atoms with van der Waals surface area (Å²) in [7, 11) is -3.73. The van der Waals surface area contributed by atoms with E-state index in [2.05, 4.69) is 14.9 Å². The highest BCUT2D eigenvalue weighted by Gasteiger charge is 2.15. The highest BCUT2D eigenvalue weighted by Crippen LogP contribution is 2.15. The standard InChI is InChI=1S/C13H14N4O3S/c1-9-2-4-11(5-3-9)21(19,20)17-12-8-10(6-7-15-12)13(14)16-18/h2-8,18H,1H3,(H2,14,16)(H,15,17). The lowest BCUT2D eigenvalue weighted by Gasteiger charge is -2.08. The number of nitrogens with two attached hydrogens (primary N) is 1. The molecule has 0 radical (unpaired) electrons. The third-order valence-electron chi connectivity index (χ3n) is 2.73. The van der Waals surface area contributed by atoms with E-state index in [-0.39, 0.29) is 16.5 Å². The molecule has 0 aliphatic carbocycles. The first kappa shape index (κ1) is 14.8. The first-order valence-electron chi connectivity index (χ1n) is 5.96. The van der Waals surface area contributed by atoms with Gasteiger partial charge < -0.3 is 10.9 Å². The Morgan fingerprint density at radius 1 is 1.29 bits per heavy atom. The van der Waals surface area contributed by atoms with E-state index in [0.717, 1.165) is 5.56 Å². The van der Waals surface area contributed by atoms with Gasteiger partial charge in [0.2, 0.25) is 0 Å². The number of hydrogen-bond donors (Lipinski definition) is 3. The minimum absolute atomic E-state index is 0.0830. The van der Waals surface area contributed by atoms with Gasteiger partial charge in [-0.1, -0.05) is 22.9 Å². The van der Waals surface area contributed by atoms with Crippen LogP contribution in [0.5, 0.6) is 0 Å². The number of rotatable bonds is 4. The summed E-state index contributed by atoms with van der Waals surface area (Å²) in [6.45, 7) is 1.87. The van der Waals surface area contributed by atoms with Crippen molar-refractivity contribution >= 4 is 21.7 Å². The number of hydrogen-bond acceptors (Lipinski definition) is 5. The van der Waals surface area contributed by atoms with E-state index in [0.29, 0.717) is 5.56 Å². The fourth-order valence-corrected chi connectivity index (χ4v) is 2.62. The molecular weight excluding hydrogens is 292 g/mol. The van der Waals surface area contributed by atoms with Gasteiger partial charge in [-0.3, -0.25) is 4.72 Å². The first-order chi connectivity index (χ1) is 9.92. The van der Waals surface area contributed by atoms with E-state index >= 15 is 0 Å². The fraction of sp³-hybridized carbons (Fsp3) is 0.0769. The van der Waals surface area contributed by atoms with Gasteiger partial charge in [-0.15, -0.1) is 0 Å². The molecule has 110 valence electrons. The Labute approximate surface area is 122 Å². The molecule has 1 heterocycles. The first-order valence-corrected chi connectivity index (χ1v) is 7.44. The van der Waals surface area contributed by atoms with Crippen LogP contribution in [-0.4, -0.2) is 24.4 Å². The summed E-state index contributed by atoms with van der Waals surface area (Å²) >= 11 is 0. The van der Waals surface area contributed by atoms with Gasteiger partial charge in [-0.05, 0) is 31.2 Å². The Hall–Kier alpha value is -2.61. The summed E-state index contributed by atoms with van der Waals surface area (Å²) in [5.41, 5.74) is 6.76. The Kier molecular flexibility index (Phi) is 4.08. The second kappa shape index (κ2) is 5.80. The predicted octanol–water partition coefficient (Wildman–Crippen LogP) is 1.29. The van der Waals surface area contributed by atoms with Gasteiger partial charge in [0.25, 0.3) is 10.0 Å². The van der Waals surface area contributed by atoms with Crippen molar-refractivity contribution in [2.24, 2.45) is 10.9 Å². The molecule has 0 bridgehead atoms. The van der Waals surface area contributed by atoms with Gasteiger partial charge in [0.1, 0.15) is 5.82 Å². The van der Waals surface area contributed by atoms with Crippen LogP contribution in [0.2, 0.25) is 0 Å². The van der Waals surface area contributed by atoms with Crippen LogP contribution in [0.25, 0.3) is 0 Å². The van der Waals surface area contributed by atoms with Crippen LogP contribution in [0.15, 0.2) is 52.6 Å². The minimum atomic E-state index is -3.73. The highest BCUT2D eigenvalue weighted by molar-refractivity contribution is 7.92. The summed E-state index contributed by atoms with van der Waals surface area (Å²) in [5, 5.41) is 11.5. The average Bonchev–Trinajstić information content (AvgIpc) is 2.46. The van der Waals surface area contributed by atoms with E-state index < -0.39 is 10.0 Å². The number of aromatic nitrogens is 1. The van der Waals surface area contributed by atoms with E-state index in [4.69, 9.17) is 10.9 Å². The lowest BCUT2D eigenvalue weighted by Crippen LogP contribution is -2.16. The van der Waals surface area contributed by atoms with E-state index in [1.54, 1.807) is 12.1 Å². The van der Waals surface area contributed by atoms with Crippen LogP contribution in [0.1, 0.15) is 11.1 Å². The average molecular weight is 306 g/mol. The topological polar surface area (TPSA) is 118 Å². The summed E-state index contributed by atoms with van der Waals surface area (Å²) in [6, 6.07) is 9.29. The van der Waals surface area contributed by atoms with Gasteiger partial charge in [0.15, 0.2) is 5.84 Å². The third-order valence-corrected chi connectivity index (χ3v) is 4.10. The zero-order valence-corrected chi connectivity index (χ0v) is 12.0. The lowest BCUT2D eigenvalue weighted by atomic mass is 10.2. The van der Waals surface area contributed by atoms with Crippen molar-refractivity contribution in [3.05, 3.63) is 53.7 Å². The number of sulfonamides is 1. The van der Waals surface area contributed by atoms with Crippen molar-refractivity contribution in [1.29, 1.82) is 0 Å². The van der Waals surface area contributed by atoms with Crippen LogP contribution in [0, 0.1) is 6.92 Å². The summed E-state index contributed by atoms with van der Waals surface area (Å²) < 4.78 is 26.7. The van der Waals surface area contributed by atoms with Gasteiger partial charge in [-0.2, -0.15) is 0 Å². The van der Waals surface area contributed by atoms with Crippen LogP contribution >= 0.6 is 0 Å². The maximum absolute atomic E-state index is 12.2. The van der Waals surface area contributed by atoms with Gasteiger partial charge in [0.05, 0.1) is 4.90 Å². The summed E-state index contributed by atoms with van der Waals surface area (Å²) in [4.78, 5) is 4.03. The highest BCUT2D eigenvalue weighted by atomic mass is 32.2. The summed E-state index contributed by atoms with van der Waals surface area (Å²) in [5.74, 6) is -0.0483. The van der Waals surface area contributed by atoms with Crippen LogP contribution < -0.4 is 10.5 Å². The van der Waals surface area contributed by atoms with Gasteiger partial charge in [-0.25, -0.2) is 13.4 Å². The smallest absolute Gasteiger partial charge is 0.263 e. The molecule has 0 aliphatic heterocycles. The molecular formula is C13H14N4O3S. The zero-order valence-electron chi connectivity index (χ0n) is 11.2. The Bertz CT molecular complexity index is 770. The van der Waals surface area contributed by atoms with Crippen molar-refractivity contribution in [2.75, 3.05) is 4.72 Å². The molecule has 0 saturated carbocycles. The SMILES string of the molecule is Cc1ccc(S(=O)(=O)Nc2cc(/C(N)=N/O)ccn2)cc1. The van der Waals surface area contributed by atoms with E-state index in [1.807, 2.05) is 6.92 Å². The maximum Gasteiger partial charge on any atom is 0.263 e. The molecule has 4 N–H and O–H groups in total. The van der Waals surface area contributed by atoms with Crippen molar-refractivity contribution in [2.45, 2.75) is 11.8 Å². The van der Waals surface area contributed by atoms with Crippen molar-refractivity contribution in [1.82, 2.24) is 4.98 Å². The predicted molar refractivity (Wildman–Crippen MR) is 78.7 cm³/mol. The van der Waals surface area contributed by atoms with E-state index in [9.17, 15) is 8.42 Å². The second-order valence-electron chi connectivity index (χ2n) is 4.33. The molecule has 0 saturated heterocycles. The number of nitrogens with one attached hydrogen (secondary N) is 1. The van der Waals surface area contributed by atoms with Crippen LogP contribution in [0.3, 0.4) is 0 Å². The maximum atomic E-state index is 12.2. The molecule has 0 aliphatic rings. The number of pyridine rings is 1. The minimum Gasteiger partial charge on any atom is -0.409 e. The van der Waals surface area contributed by atoms with E-state index in [1.165, 1.54) is 30.5 Å². The molecule has 0 fully saturated rings. The largest absolute Gasteiger partial charge is 0.409 e. The van der Waals surface area contributed by atoms with Crippen molar-refractivity contribution in [3.63, 3.8) is 0 Å². The number of anilines is 1. The van der Waals surface area contributed by atoms with Gasteiger partial charge >= 0.3 is 0 Å². The monoisotopic (exact) mass is 306 g/mol. The number of benzene rings is 1. The molecule has 0 unspecified atom stereocenters. The second-order valence-corrected chi connectivity index (χ2v) is 6.02. The molecule has 0 amide bonds.